The zero-order valence-corrected chi connectivity index (χ0v) is 18.9. The molecule has 1 amide bonds. The van der Waals surface area contributed by atoms with E-state index in [0.717, 1.165) is 22.6 Å². The number of carbonyl (C=O) groups excluding carboxylic acids is 1. The van der Waals surface area contributed by atoms with E-state index < -0.39 is 0 Å². The fraction of sp³-hybridized carbons (Fsp3) is 0.0385. The number of amides is 1. The van der Waals surface area contributed by atoms with Crippen molar-refractivity contribution in [3.8, 4) is 28.5 Å². The molecule has 0 fully saturated rings. The minimum atomic E-state index is -0.176. The highest BCUT2D eigenvalue weighted by molar-refractivity contribution is 7.99. The van der Waals surface area contributed by atoms with E-state index in [1.165, 1.54) is 11.8 Å². The lowest BCUT2D eigenvalue weighted by molar-refractivity contribution is -0.113. The monoisotopic (exact) mass is 464 g/mol. The molecule has 0 aliphatic rings. The maximum atomic E-state index is 12.6. The highest BCUT2D eigenvalue weighted by Crippen LogP contribution is 2.28. The maximum absolute atomic E-state index is 12.6. The molecule has 0 atom stereocenters. The van der Waals surface area contributed by atoms with E-state index >= 15 is 0 Å². The molecule has 8 heteroatoms. The number of hydrogen-bond acceptors (Lipinski definition) is 6. The topological polar surface area (TPSA) is 85.6 Å². The van der Waals surface area contributed by atoms with Gasteiger partial charge in [0.25, 0.3) is 0 Å². The fourth-order valence-corrected chi connectivity index (χ4v) is 4.16. The lowest BCUT2D eigenvalue weighted by Gasteiger charge is -2.10. The first-order chi connectivity index (χ1) is 16.8. The summed E-state index contributed by atoms with van der Waals surface area (Å²) in [7, 11) is 0. The first-order valence-corrected chi connectivity index (χ1v) is 11.6. The van der Waals surface area contributed by atoms with Crippen LogP contribution in [0.2, 0.25) is 0 Å². The Kier molecular flexibility index (Phi) is 6.40. The fourth-order valence-electron chi connectivity index (χ4n) is 3.40. The second kappa shape index (κ2) is 10.1. The third kappa shape index (κ3) is 4.87. The van der Waals surface area contributed by atoms with Crippen molar-refractivity contribution in [3.63, 3.8) is 0 Å². The molecule has 2 heterocycles. The molecule has 0 spiro atoms. The molecule has 0 bridgehead atoms. The van der Waals surface area contributed by atoms with Crippen LogP contribution in [0.1, 0.15) is 0 Å². The third-order valence-electron chi connectivity index (χ3n) is 4.98. The molecule has 0 aliphatic carbocycles. The number of benzene rings is 3. The van der Waals surface area contributed by atoms with E-state index in [1.54, 1.807) is 12.4 Å². The third-order valence-corrected chi connectivity index (χ3v) is 5.91. The van der Waals surface area contributed by atoms with Crippen LogP contribution >= 0.6 is 11.8 Å². The van der Waals surface area contributed by atoms with Gasteiger partial charge in [0, 0.05) is 16.8 Å². The normalized spacial score (nSPS) is 10.7. The Morgan fingerprint density at radius 2 is 1.35 bits per heavy atom. The van der Waals surface area contributed by atoms with Crippen LogP contribution < -0.4 is 5.32 Å². The molecule has 0 radical (unpaired) electrons. The predicted molar refractivity (Wildman–Crippen MR) is 134 cm³/mol. The van der Waals surface area contributed by atoms with E-state index in [9.17, 15) is 4.79 Å². The Balaban J connectivity index is 1.30. The SMILES string of the molecule is O=C(CSc1nnc(-c2ccccc2)n1-c1ccccc1)Nc1cnc(-c2ccccc2)nc1. The lowest BCUT2D eigenvalue weighted by atomic mass is 10.2. The summed E-state index contributed by atoms with van der Waals surface area (Å²) >= 11 is 1.32. The first kappa shape index (κ1) is 21.5. The molecular formula is C26H20N6OS. The molecule has 0 aliphatic heterocycles. The van der Waals surface area contributed by atoms with Gasteiger partial charge in [0.1, 0.15) is 0 Å². The Labute approximate surface area is 200 Å². The van der Waals surface area contributed by atoms with Gasteiger partial charge in [0.05, 0.1) is 23.8 Å². The molecule has 5 aromatic rings. The first-order valence-electron chi connectivity index (χ1n) is 10.6. The minimum absolute atomic E-state index is 0.167. The van der Waals surface area contributed by atoms with Gasteiger partial charge in [-0.15, -0.1) is 10.2 Å². The lowest BCUT2D eigenvalue weighted by Crippen LogP contribution is -2.15. The van der Waals surface area contributed by atoms with E-state index in [-0.39, 0.29) is 11.7 Å². The van der Waals surface area contributed by atoms with Gasteiger partial charge in [-0.25, -0.2) is 9.97 Å². The van der Waals surface area contributed by atoms with Gasteiger partial charge in [0.15, 0.2) is 16.8 Å². The average Bonchev–Trinajstić information content (AvgIpc) is 3.33. The summed E-state index contributed by atoms with van der Waals surface area (Å²) in [6, 6.07) is 29.4. The summed E-state index contributed by atoms with van der Waals surface area (Å²) in [6.07, 6.45) is 3.22. The number of hydrogen-bond donors (Lipinski definition) is 1. The quantitative estimate of drug-likeness (QED) is 0.337. The van der Waals surface area contributed by atoms with Gasteiger partial charge < -0.3 is 5.32 Å². The smallest absolute Gasteiger partial charge is 0.234 e. The highest BCUT2D eigenvalue weighted by atomic mass is 32.2. The molecular weight excluding hydrogens is 444 g/mol. The van der Waals surface area contributed by atoms with Gasteiger partial charge in [-0.1, -0.05) is 90.6 Å². The van der Waals surface area contributed by atoms with E-state index in [2.05, 4.69) is 25.5 Å². The zero-order valence-electron chi connectivity index (χ0n) is 18.1. The van der Waals surface area contributed by atoms with Crippen LogP contribution in [0.5, 0.6) is 0 Å². The van der Waals surface area contributed by atoms with Crippen LogP contribution in [0, 0.1) is 0 Å². The second-order valence-electron chi connectivity index (χ2n) is 7.34. The van der Waals surface area contributed by atoms with Crippen molar-refractivity contribution in [2.24, 2.45) is 0 Å². The van der Waals surface area contributed by atoms with Crippen LogP contribution in [0.25, 0.3) is 28.5 Å². The predicted octanol–water partition coefficient (Wildman–Crippen LogP) is 5.12. The Morgan fingerprint density at radius 1 is 0.765 bits per heavy atom. The van der Waals surface area contributed by atoms with Crippen molar-refractivity contribution < 1.29 is 4.79 Å². The molecule has 5 rings (SSSR count). The molecule has 0 saturated heterocycles. The van der Waals surface area contributed by atoms with Crippen LogP contribution in [0.15, 0.2) is 109 Å². The van der Waals surface area contributed by atoms with Crippen molar-refractivity contribution in [3.05, 3.63) is 103 Å². The molecule has 2 aromatic heterocycles. The minimum Gasteiger partial charge on any atom is -0.323 e. The highest BCUT2D eigenvalue weighted by Gasteiger charge is 2.17. The number of para-hydroxylation sites is 1. The number of nitrogens with one attached hydrogen (secondary N) is 1. The van der Waals surface area contributed by atoms with Crippen molar-refractivity contribution >= 4 is 23.4 Å². The van der Waals surface area contributed by atoms with E-state index in [0.29, 0.717) is 16.7 Å². The summed E-state index contributed by atoms with van der Waals surface area (Å²) in [5.74, 6) is 1.32. The van der Waals surface area contributed by atoms with Gasteiger partial charge in [-0.2, -0.15) is 0 Å². The number of thioether (sulfide) groups is 1. The maximum Gasteiger partial charge on any atom is 0.234 e. The second-order valence-corrected chi connectivity index (χ2v) is 8.28. The van der Waals surface area contributed by atoms with Crippen molar-refractivity contribution in [1.82, 2.24) is 24.7 Å². The summed E-state index contributed by atoms with van der Waals surface area (Å²) in [6.45, 7) is 0. The zero-order chi connectivity index (χ0) is 23.2. The van der Waals surface area contributed by atoms with Crippen molar-refractivity contribution in [2.45, 2.75) is 5.16 Å². The van der Waals surface area contributed by atoms with Crippen LogP contribution in [-0.2, 0) is 4.79 Å². The molecule has 34 heavy (non-hydrogen) atoms. The van der Waals surface area contributed by atoms with E-state index in [4.69, 9.17) is 0 Å². The standard InChI is InChI=1S/C26H20N6OS/c33-23(29-21-16-27-24(28-17-21)19-10-4-1-5-11-19)18-34-26-31-30-25(20-12-6-2-7-13-20)32(26)22-14-8-3-9-15-22/h1-17H,18H2,(H,29,33). The molecule has 1 N–H and O–H groups in total. The van der Waals surface area contributed by atoms with Crippen molar-refractivity contribution in [1.29, 1.82) is 0 Å². The molecule has 7 nitrogen and oxygen atoms in total. The Morgan fingerprint density at radius 3 is 2.00 bits per heavy atom. The number of carbonyl (C=O) groups is 1. The Bertz CT molecular complexity index is 1370. The molecule has 0 saturated carbocycles. The van der Waals surface area contributed by atoms with E-state index in [1.807, 2.05) is 95.6 Å². The van der Waals surface area contributed by atoms with Crippen molar-refractivity contribution in [2.75, 3.05) is 11.1 Å². The molecule has 0 unspecified atom stereocenters. The summed E-state index contributed by atoms with van der Waals surface area (Å²) < 4.78 is 1.96. The molecule has 166 valence electrons. The Hall–Kier alpha value is -4.30. The summed E-state index contributed by atoms with van der Waals surface area (Å²) in [5.41, 5.74) is 3.34. The van der Waals surface area contributed by atoms with Crippen LogP contribution in [0.3, 0.4) is 0 Å². The number of rotatable bonds is 7. The average molecular weight is 465 g/mol. The number of aromatic nitrogens is 5. The van der Waals surface area contributed by atoms with Gasteiger partial charge in [-0.05, 0) is 12.1 Å². The van der Waals surface area contributed by atoms with Gasteiger partial charge >= 0.3 is 0 Å². The summed E-state index contributed by atoms with van der Waals surface area (Å²) in [5, 5.41) is 12.2. The number of anilines is 1. The van der Waals surface area contributed by atoms with Gasteiger partial charge in [-0.3, -0.25) is 9.36 Å². The van der Waals surface area contributed by atoms with Crippen LogP contribution in [0.4, 0.5) is 5.69 Å². The number of nitrogens with zero attached hydrogens (tertiary/aromatic N) is 5. The largest absolute Gasteiger partial charge is 0.323 e. The summed E-state index contributed by atoms with van der Waals surface area (Å²) in [4.78, 5) is 21.3. The molecule has 3 aromatic carbocycles. The van der Waals surface area contributed by atoms with Crippen LogP contribution in [-0.4, -0.2) is 36.4 Å². The van der Waals surface area contributed by atoms with Gasteiger partial charge in [0.2, 0.25) is 5.91 Å².